The van der Waals surface area contributed by atoms with E-state index in [0.717, 1.165) is 11.1 Å². The Morgan fingerprint density at radius 3 is 2.20 bits per heavy atom. The number of para-hydroxylation sites is 1. The summed E-state index contributed by atoms with van der Waals surface area (Å²) >= 11 is 0. The first-order valence-corrected chi connectivity index (χ1v) is 7.63. The summed E-state index contributed by atoms with van der Waals surface area (Å²) in [6, 6.07) is 23.2. The quantitative estimate of drug-likeness (QED) is 0.319. The molecule has 0 bridgehead atoms. The summed E-state index contributed by atoms with van der Waals surface area (Å²) < 4.78 is 0. The van der Waals surface area contributed by atoms with Gasteiger partial charge in [0, 0.05) is 28.9 Å². The van der Waals surface area contributed by atoms with Crippen molar-refractivity contribution in [3.63, 3.8) is 0 Å². The molecule has 0 fully saturated rings. The lowest BCUT2D eigenvalue weighted by Gasteiger charge is -2.10. The summed E-state index contributed by atoms with van der Waals surface area (Å²) in [6.45, 7) is 0. The van der Waals surface area contributed by atoms with Gasteiger partial charge in [-0.2, -0.15) is 5.10 Å². The van der Waals surface area contributed by atoms with E-state index in [9.17, 15) is 10.1 Å². The van der Waals surface area contributed by atoms with Crippen molar-refractivity contribution in [3.05, 3.63) is 100 Å². The molecule has 0 saturated carbocycles. The number of hydrogen-bond acceptors (Lipinski definition) is 5. The number of anilines is 2. The fourth-order valence-corrected chi connectivity index (χ4v) is 2.37. The Labute approximate surface area is 144 Å². The van der Waals surface area contributed by atoms with E-state index in [1.54, 1.807) is 12.1 Å². The minimum absolute atomic E-state index is 0.0325. The first kappa shape index (κ1) is 16.2. The zero-order valence-electron chi connectivity index (χ0n) is 13.3. The van der Waals surface area contributed by atoms with Crippen molar-refractivity contribution in [3.8, 4) is 0 Å². The number of nitro benzene ring substituents is 1. The largest absolute Gasteiger partial charge is 0.398 e. The molecule has 3 rings (SSSR count). The fourth-order valence-electron chi connectivity index (χ4n) is 2.37. The van der Waals surface area contributed by atoms with E-state index >= 15 is 0 Å². The molecule has 3 aromatic rings. The Bertz CT molecular complexity index is 906. The normalized spacial score (nSPS) is 11.1. The highest BCUT2D eigenvalue weighted by molar-refractivity contribution is 6.15. The average Bonchev–Trinajstić information content (AvgIpc) is 2.64. The second-order valence-corrected chi connectivity index (χ2v) is 5.33. The Kier molecular flexibility index (Phi) is 4.71. The average molecular weight is 332 g/mol. The lowest BCUT2D eigenvalue weighted by Crippen LogP contribution is -2.09. The van der Waals surface area contributed by atoms with Crippen LogP contribution in [0.25, 0.3) is 0 Å². The molecule has 0 aliphatic heterocycles. The summed E-state index contributed by atoms with van der Waals surface area (Å²) in [5, 5.41) is 15.2. The van der Waals surface area contributed by atoms with Crippen LogP contribution < -0.4 is 11.2 Å². The predicted octanol–water partition coefficient (Wildman–Crippen LogP) is 4.04. The van der Waals surface area contributed by atoms with Gasteiger partial charge < -0.3 is 5.73 Å². The monoisotopic (exact) mass is 332 g/mol. The maximum Gasteiger partial charge on any atom is 0.269 e. The third-order valence-electron chi connectivity index (χ3n) is 3.64. The lowest BCUT2D eigenvalue weighted by atomic mass is 10.0. The molecule has 0 radical (unpaired) electrons. The number of nitrogens with one attached hydrogen (secondary N) is 1. The van der Waals surface area contributed by atoms with E-state index in [0.29, 0.717) is 17.1 Å². The number of non-ortho nitro benzene ring substituents is 1. The van der Waals surface area contributed by atoms with Gasteiger partial charge in [-0.15, -0.1) is 0 Å². The van der Waals surface area contributed by atoms with Crippen LogP contribution in [0.5, 0.6) is 0 Å². The minimum Gasteiger partial charge on any atom is -0.398 e. The number of nitrogens with zero attached hydrogens (tertiary/aromatic N) is 2. The molecule has 6 heteroatoms. The van der Waals surface area contributed by atoms with Crippen molar-refractivity contribution in [1.82, 2.24) is 0 Å². The third kappa shape index (κ3) is 3.81. The number of rotatable bonds is 5. The van der Waals surface area contributed by atoms with Crippen LogP contribution in [0.2, 0.25) is 0 Å². The summed E-state index contributed by atoms with van der Waals surface area (Å²) in [7, 11) is 0. The van der Waals surface area contributed by atoms with Crippen LogP contribution in [0, 0.1) is 10.1 Å². The van der Waals surface area contributed by atoms with Gasteiger partial charge >= 0.3 is 0 Å². The second-order valence-electron chi connectivity index (χ2n) is 5.33. The summed E-state index contributed by atoms with van der Waals surface area (Å²) in [4.78, 5) is 10.3. The van der Waals surface area contributed by atoms with E-state index in [4.69, 9.17) is 5.73 Å². The number of hydrogen-bond donors (Lipinski definition) is 2. The van der Waals surface area contributed by atoms with E-state index < -0.39 is 4.92 Å². The molecule has 0 atom stereocenters. The van der Waals surface area contributed by atoms with Crippen LogP contribution in [0.3, 0.4) is 0 Å². The van der Waals surface area contributed by atoms with Gasteiger partial charge in [0.15, 0.2) is 0 Å². The number of nitrogen functional groups attached to an aromatic ring is 1. The van der Waals surface area contributed by atoms with Gasteiger partial charge in [0.25, 0.3) is 5.69 Å². The van der Waals surface area contributed by atoms with Gasteiger partial charge in [0.1, 0.15) is 0 Å². The van der Waals surface area contributed by atoms with Crippen LogP contribution in [-0.4, -0.2) is 10.6 Å². The number of hydrazone groups is 1. The molecular formula is C19H16N4O2. The van der Waals surface area contributed by atoms with Gasteiger partial charge in [-0.1, -0.05) is 48.5 Å². The first-order chi connectivity index (χ1) is 12.1. The van der Waals surface area contributed by atoms with Crippen molar-refractivity contribution in [2.24, 2.45) is 5.10 Å². The van der Waals surface area contributed by atoms with Crippen molar-refractivity contribution < 1.29 is 4.92 Å². The summed E-state index contributed by atoms with van der Waals surface area (Å²) in [6.07, 6.45) is 0. The molecule has 3 aromatic carbocycles. The number of benzene rings is 3. The maximum atomic E-state index is 10.7. The molecule has 0 aliphatic carbocycles. The molecule has 3 N–H and O–H groups in total. The fraction of sp³-hybridized carbons (Fsp3) is 0. The molecule has 0 unspecified atom stereocenters. The Hall–Kier alpha value is -3.67. The topological polar surface area (TPSA) is 93.5 Å². The van der Waals surface area contributed by atoms with Crippen molar-refractivity contribution in [1.29, 1.82) is 0 Å². The van der Waals surface area contributed by atoms with Crippen molar-refractivity contribution in [2.75, 3.05) is 11.2 Å². The van der Waals surface area contributed by atoms with Gasteiger partial charge in [-0.3, -0.25) is 15.5 Å². The van der Waals surface area contributed by atoms with Crippen molar-refractivity contribution >= 4 is 22.8 Å². The van der Waals surface area contributed by atoms with Crippen LogP contribution in [0.1, 0.15) is 11.1 Å². The van der Waals surface area contributed by atoms with Crippen LogP contribution in [0.4, 0.5) is 17.1 Å². The molecule has 0 saturated heterocycles. The van der Waals surface area contributed by atoms with Gasteiger partial charge in [0.05, 0.1) is 16.3 Å². The molecule has 0 aromatic heterocycles. The molecule has 0 aliphatic rings. The molecule has 6 nitrogen and oxygen atoms in total. The summed E-state index contributed by atoms with van der Waals surface area (Å²) in [5.74, 6) is 0. The van der Waals surface area contributed by atoms with Crippen LogP contribution in [0.15, 0.2) is 84.0 Å². The van der Waals surface area contributed by atoms with Gasteiger partial charge in [-0.25, -0.2) is 0 Å². The Morgan fingerprint density at radius 2 is 1.56 bits per heavy atom. The van der Waals surface area contributed by atoms with Crippen LogP contribution >= 0.6 is 0 Å². The van der Waals surface area contributed by atoms with E-state index in [1.807, 2.05) is 54.6 Å². The lowest BCUT2D eigenvalue weighted by molar-refractivity contribution is -0.384. The van der Waals surface area contributed by atoms with E-state index in [1.165, 1.54) is 12.1 Å². The van der Waals surface area contributed by atoms with E-state index in [-0.39, 0.29) is 5.69 Å². The zero-order chi connectivity index (χ0) is 17.6. The van der Waals surface area contributed by atoms with E-state index in [2.05, 4.69) is 10.5 Å². The highest BCUT2D eigenvalue weighted by atomic mass is 16.6. The smallest absolute Gasteiger partial charge is 0.269 e. The van der Waals surface area contributed by atoms with Crippen LogP contribution in [-0.2, 0) is 0 Å². The SMILES string of the molecule is Nc1ccccc1/C(=N\Nc1ccc([N+](=O)[O-])cc1)c1ccccc1. The molecule has 124 valence electrons. The highest BCUT2D eigenvalue weighted by Crippen LogP contribution is 2.19. The Balaban J connectivity index is 1.96. The van der Waals surface area contributed by atoms with Gasteiger partial charge in [0.2, 0.25) is 0 Å². The number of nitro groups is 1. The molecule has 0 spiro atoms. The summed E-state index contributed by atoms with van der Waals surface area (Å²) in [5.41, 5.74) is 12.8. The number of nitrogens with two attached hydrogens (primary N) is 1. The van der Waals surface area contributed by atoms with Crippen molar-refractivity contribution in [2.45, 2.75) is 0 Å². The highest BCUT2D eigenvalue weighted by Gasteiger charge is 2.10. The maximum absolute atomic E-state index is 10.7. The first-order valence-electron chi connectivity index (χ1n) is 7.63. The standard InChI is InChI=1S/C19H16N4O2/c20-18-9-5-4-8-17(18)19(14-6-2-1-3-7-14)22-21-15-10-12-16(13-11-15)23(24)25/h1-13,21H,20H2/b22-19-. The molecule has 25 heavy (non-hydrogen) atoms. The third-order valence-corrected chi connectivity index (χ3v) is 3.64. The molecular weight excluding hydrogens is 316 g/mol. The minimum atomic E-state index is -0.437. The van der Waals surface area contributed by atoms with Gasteiger partial charge in [-0.05, 0) is 18.2 Å². The molecule has 0 heterocycles. The second kappa shape index (κ2) is 7.27. The molecule has 0 amide bonds. The Morgan fingerprint density at radius 1 is 0.920 bits per heavy atom. The predicted molar refractivity (Wildman–Crippen MR) is 99.7 cm³/mol. The zero-order valence-corrected chi connectivity index (χ0v) is 13.3.